The van der Waals surface area contributed by atoms with E-state index in [-0.39, 0.29) is 11.6 Å². The van der Waals surface area contributed by atoms with E-state index in [0.29, 0.717) is 0 Å². The van der Waals surface area contributed by atoms with Crippen LogP contribution in [0.25, 0.3) is 32.3 Å². The van der Waals surface area contributed by atoms with Gasteiger partial charge in [-0.15, -0.1) is 0 Å². The minimum absolute atomic E-state index is 0.260. The van der Waals surface area contributed by atoms with Crippen LogP contribution in [0, 0.1) is 11.6 Å². The molecule has 0 aliphatic rings. The summed E-state index contributed by atoms with van der Waals surface area (Å²) >= 11 is 0. The Morgan fingerprint density at radius 3 is 1.30 bits per heavy atom. The summed E-state index contributed by atoms with van der Waals surface area (Å²) in [5.41, 5.74) is 0. The Morgan fingerprint density at radius 1 is 0.450 bits per heavy atom. The molecule has 4 aromatic rings. The lowest BCUT2D eigenvalue weighted by atomic mass is 9.94. The van der Waals surface area contributed by atoms with Crippen molar-refractivity contribution in [2.45, 2.75) is 0 Å². The van der Waals surface area contributed by atoms with Crippen LogP contribution in [0.15, 0.2) is 60.7 Å². The van der Waals surface area contributed by atoms with E-state index >= 15 is 0 Å². The Bertz CT molecular complexity index is 870. The Balaban J connectivity index is 2.40. The number of hydrogen-bond donors (Lipinski definition) is 0. The second-order valence-corrected chi connectivity index (χ2v) is 4.93. The first-order valence-electron chi connectivity index (χ1n) is 6.43. The molecular formula is C18H10F2. The summed E-state index contributed by atoms with van der Waals surface area (Å²) in [7, 11) is 0. The first kappa shape index (κ1) is 11.4. The lowest BCUT2D eigenvalue weighted by Crippen LogP contribution is -1.85. The van der Waals surface area contributed by atoms with E-state index in [4.69, 9.17) is 0 Å². The molecule has 0 N–H and O–H groups in total. The maximum absolute atomic E-state index is 13.6. The average molecular weight is 264 g/mol. The highest BCUT2D eigenvalue weighted by molar-refractivity contribution is 6.25. The Hall–Kier alpha value is -2.48. The van der Waals surface area contributed by atoms with Gasteiger partial charge in [0.2, 0.25) is 0 Å². The fourth-order valence-electron chi connectivity index (χ4n) is 2.90. The van der Waals surface area contributed by atoms with Gasteiger partial charge in [-0.25, -0.2) is 8.78 Å². The molecule has 96 valence electrons. The zero-order valence-electron chi connectivity index (χ0n) is 10.5. The number of hydrogen-bond acceptors (Lipinski definition) is 0. The SMILES string of the molecule is Fc1ccc2c3ccc(F)cc3c3ccccc3c2c1. The van der Waals surface area contributed by atoms with Gasteiger partial charge in [-0.05, 0) is 56.6 Å². The van der Waals surface area contributed by atoms with Gasteiger partial charge < -0.3 is 0 Å². The predicted octanol–water partition coefficient (Wildman–Crippen LogP) is 5.42. The maximum Gasteiger partial charge on any atom is 0.123 e. The van der Waals surface area contributed by atoms with Crippen molar-refractivity contribution in [1.82, 2.24) is 0 Å². The smallest absolute Gasteiger partial charge is 0.123 e. The van der Waals surface area contributed by atoms with Crippen LogP contribution >= 0.6 is 0 Å². The molecule has 0 amide bonds. The summed E-state index contributed by atoms with van der Waals surface area (Å²) in [5.74, 6) is -0.520. The van der Waals surface area contributed by atoms with Crippen molar-refractivity contribution in [1.29, 1.82) is 0 Å². The highest BCUT2D eigenvalue weighted by Crippen LogP contribution is 2.35. The predicted molar refractivity (Wildman–Crippen MR) is 78.9 cm³/mol. The van der Waals surface area contributed by atoms with Gasteiger partial charge in [0.15, 0.2) is 0 Å². The molecule has 0 spiro atoms. The lowest BCUT2D eigenvalue weighted by molar-refractivity contribution is 0.629. The van der Waals surface area contributed by atoms with Crippen molar-refractivity contribution in [2.75, 3.05) is 0 Å². The van der Waals surface area contributed by atoms with Crippen LogP contribution in [0.5, 0.6) is 0 Å². The van der Waals surface area contributed by atoms with E-state index in [1.807, 2.05) is 24.3 Å². The third-order valence-electron chi connectivity index (χ3n) is 3.76. The molecule has 0 fully saturated rings. The Morgan fingerprint density at radius 2 is 0.850 bits per heavy atom. The highest BCUT2D eigenvalue weighted by Gasteiger charge is 2.09. The van der Waals surface area contributed by atoms with Gasteiger partial charge in [-0.2, -0.15) is 0 Å². The largest absolute Gasteiger partial charge is 0.207 e. The van der Waals surface area contributed by atoms with Crippen molar-refractivity contribution in [3.8, 4) is 0 Å². The molecule has 0 heterocycles. The van der Waals surface area contributed by atoms with Gasteiger partial charge in [-0.1, -0.05) is 36.4 Å². The minimum Gasteiger partial charge on any atom is -0.207 e. The molecule has 0 aliphatic heterocycles. The molecule has 0 saturated carbocycles. The normalized spacial score (nSPS) is 11.5. The summed E-state index contributed by atoms with van der Waals surface area (Å²) in [6.45, 7) is 0. The minimum atomic E-state index is -0.260. The maximum atomic E-state index is 13.6. The Labute approximate surface area is 114 Å². The van der Waals surface area contributed by atoms with E-state index in [2.05, 4.69) is 0 Å². The van der Waals surface area contributed by atoms with Gasteiger partial charge in [-0.3, -0.25) is 0 Å². The molecule has 0 aromatic heterocycles. The van der Waals surface area contributed by atoms with E-state index in [0.717, 1.165) is 32.3 Å². The molecule has 0 nitrogen and oxygen atoms in total. The van der Waals surface area contributed by atoms with Gasteiger partial charge in [0.05, 0.1) is 0 Å². The van der Waals surface area contributed by atoms with Crippen molar-refractivity contribution < 1.29 is 8.78 Å². The molecule has 4 rings (SSSR count). The second-order valence-electron chi connectivity index (χ2n) is 4.93. The number of fused-ring (bicyclic) bond motifs is 6. The van der Waals surface area contributed by atoms with Gasteiger partial charge in [0, 0.05) is 0 Å². The summed E-state index contributed by atoms with van der Waals surface area (Å²) in [6.07, 6.45) is 0. The zero-order chi connectivity index (χ0) is 13.7. The van der Waals surface area contributed by atoms with E-state index in [9.17, 15) is 8.78 Å². The summed E-state index contributed by atoms with van der Waals surface area (Å²) in [4.78, 5) is 0. The van der Waals surface area contributed by atoms with Crippen molar-refractivity contribution in [3.63, 3.8) is 0 Å². The van der Waals surface area contributed by atoms with Crippen molar-refractivity contribution in [2.24, 2.45) is 0 Å². The van der Waals surface area contributed by atoms with Gasteiger partial charge >= 0.3 is 0 Å². The number of benzene rings is 4. The first-order chi connectivity index (χ1) is 9.74. The molecule has 20 heavy (non-hydrogen) atoms. The molecule has 0 atom stereocenters. The van der Waals surface area contributed by atoms with Crippen LogP contribution in [0.4, 0.5) is 8.78 Å². The van der Waals surface area contributed by atoms with E-state index < -0.39 is 0 Å². The number of halogens is 2. The summed E-state index contributed by atoms with van der Waals surface area (Å²) < 4.78 is 27.1. The molecule has 0 bridgehead atoms. The molecule has 0 aliphatic carbocycles. The lowest BCUT2D eigenvalue weighted by Gasteiger charge is -2.10. The zero-order valence-corrected chi connectivity index (χ0v) is 10.5. The molecule has 2 heteroatoms. The van der Waals surface area contributed by atoms with Crippen molar-refractivity contribution >= 4 is 32.3 Å². The monoisotopic (exact) mass is 264 g/mol. The average Bonchev–Trinajstić information content (AvgIpc) is 2.47. The third kappa shape index (κ3) is 1.51. The van der Waals surface area contributed by atoms with Crippen molar-refractivity contribution in [3.05, 3.63) is 72.3 Å². The summed E-state index contributed by atoms with van der Waals surface area (Å²) in [6, 6.07) is 17.2. The quantitative estimate of drug-likeness (QED) is 0.372. The third-order valence-corrected chi connectivity index (χ3v) is 3.76. The molecule has 0 radical (unpaired) electrons. The van der Waals surface area contributed by atoms with Crippen LogP contribution in [-0.2, 0) is 0 Å². The molecule has 0 unspecified atom stereocenters. The fourth-order valence-corrected chi connectivity index (χ4v) is 2.90. The first-order valence-corrected chi connectivity index (χ1v) is 6.43. The van der Waals surface area contributed by atoms with E-state index in [1.165, 1.54) is 12.1 Å². The van der Waals surface area contributed by atoms with Crippen LogP contribution in [0.2, 0.25) is 0 Å². The Kier molecular flexibility index (Phi) is 2.27. The van der Waals surface area contributed by atoms with Crippen LogP contribution < -0.4 is 0 Å². The molecule has 4 aromatic carbocycles. The highest BCUT2D eigenvalue weighted by atomic mass is 19.1. The van der Waals surface area contributed by atoms with Gasteiger partial charge in [0.1, 0.15) is 11.6 Å². The number of rotatable bonds is 0. The standard InChI is InChI=1S/C18H10F2/c19-11-5-7-15-16-8-6-12(20)10-18(16)14-4-2-1-3-13(14)17(15)9-11/h1-10H. The summed E-state index contributed by atoms with van der Waals surface area (Å²) in [5, 5.41) is 5.50. The molecule has 0 saturated heterocycles. The van der Waals surface area contributed by atoms with Crippen LogP contribution in [0.3, 0.4) is 0 Å². The molecular weight excluding hydrogens is 254 g/mol. The second kappa shape index (κ2) is 4.01. The van der Waals surface area contributed by atoms with Crippen LogP contribution in [0.1, 0.15) is 0 Å². The topological polar surface area (TPSA) is 0 Å². The fraction of sp³-hybridized carbons (Fsp3) is 0. The van der Waals surface area contributed by atoms with E-state index in [1.54, 1.807) is 24.3 Å². The van der Waals surface area contributed by atoms with Crippen LogP contribution in [-0.4, -0.2) is 0 Å². The van der Waals surface area contributed by atoms with Gasteiger partial charge in [0.25, 0.3) is 0 Å².